The molecular weight excluding hydrogens is 330 g/mol. The van der Waals surface area contributed by atoms with Gasteiger partial charge in [-0.3, -0.25) is 9.36 Å². The predicted molar refractivity (Wildman–Crippen MR) is 97.6 cm³/mol. The van der Waals surface area contributed by atoms with Crippen LogP contribution in [0.25, 0.3) is 16.7 Å². The van der Waals surface area contributed by atoms with E-state index in [1.54, 1.807) is 16.9 Å². The van der Waals surface area contributed by atoms with Crippen LogP contribution in [0.4, 0.5) is 0 Å². The molecule has 1 aromatic carbocycles. The molecule has 0 aliphatic carbocycles. The Balaban J connectivity index is 1.71. The molecule has 0 N–H and O–H groups in total. The first-order chi connectivity index (χ1) is 12.8. The highest BCUT2D eigenvalue weighted by atomic mass is 16.5. The number of benzene rings is 1. The van der Waals surface area contributed by atoms with E-state index >= 15 is 0 Å². The van der Waals surface area contributed by atoms with Crippen molar-refractivity contribution in [2.75, 3.05) is 6.61 Å². The maximum absolute atomic E-state index is 12.8. The Morgan fingerprint density at radius 2 is 1.92 bits per heavy atom. The molecule has 4 aromatic rings. The minimum absolute atomic E-state index is 0.152. The zero-order valence-electron chi connectivity index (χ0n) is 14.2. The van der Waals surface area contributed by atoms with Gasteiger partial charge >= 0.3 is 0 Å². The Morgan fingerprint density at radius 3 is 2.73 bits per heavy atom. The van der Waals surface area contributed by atoms with Crippen molar-refractivity contribution >= 4 is 11.0 Å². The quantitative estimate of drug-likeness (QED) is 0.554. The molecule has 26 heavy (non-hydrogen) atoms. The second-order valence-corrected chi connectivity index (χ2v) is 5.71. The average molecular weight is 347 g/mol. The number of pyridine rings is 1. The van der Waals surface area contributed by atoms with E-state index in [9.17, 15) is 4.79 Å². The van der Waals surface area contributed by atoms with Crippen molar-refractivity contribution in [3.63, 3.8) is 0 Å². The van der Waals surface area contributed by atoms with E-state index in [0.29, 0.717) is 30.1 Å². The second-order valence-electron chi connectivity index (χ2n) is 5.71. The fraction of sp³-hybridized carbons (Fsp3) is 0.158. The molecule has 0 aliphatic heterocycles. The molecular formula is C19H17N5O2. The number of aromatic nitrogens is 5. The summed E-state index contributed by atoms with van der Waals surface area (Å²) in [6.07, 6.45) is 3.08. The monoisotopic (exact) mass is 347 g/mol. The van der Waals surface area contributed by atoms with Crippen LogP contribution in [0.15, 0.2) is 65.8 Å². The lowest BCUT2D eigenvalue weighted by Crippen LogP contribution is -2.21. The highest BCUT2D eigenvalue weighted by Crippen LogP contribution is 2.13. The molecule has 0 saturated carbocycles. The highest BCUT2D eigenvalue weighted by Gasteiger charge is 2.12. The van der Waals surface area contributed by atoms with Crippen molar-refractivity contribution in [1.82, 2.24) is 24.3 Å². The van der Waals surface area contributed by atoms with Gasteiger partial charge in [0.05, 0.1) is 30.7 Å². The molecule has 7 nitrogen and oxygen atoms in total. The topological polar surface area (TPSA) is 74.8 Å². The summed E-state index contributed by atoms with van der Waals surface area (Å²) in [5, 5.41) is 4.79. The number of hydrogen-bond acceptors (Lipinski definition) is 5. The van der Waals surface area contributed by atoms with Crippen LogP contribution >= 0.6 is 0 Å². The lowest BCUT2D eigenvalue weighted by atomic mass is 10.3. The molecule has 0 unspecified atom stereocenters. The van der Waals surface area contributed by atoms with Gasteiger partial charge in [0.1, 0.15) is 11.7 Å². The van der Waals surface area contributed by atoms with Gasteiger partial charge in [-0.15, -0.1) is 0 Å². The molecule has 7 heteroatoms. The third kappa shape index (κ3) is 2.95. The van der Waals surface area contributed by atoms with Crippen LogP contribution < -0.4 is 10.3 Å². The van der Waals surface area contributed by atoms with Gasteiger partial charge < -0.3 is 4.74 Å². The average Bonchev–Trinajstić information content (AvgIpc) is 3.10. The molecule has 0 amide bonds. The summed E-state index contributed by atoms with van der Waals surface area (Å²) in [5.41, 5.74) is 1.97. The van der Waals surface area contributed by atoms with Crippen molar-refractivity contribution in [1.29, 1.82) is 0 Å². The summed E-state index contributed by atoms with van der Waals surface area (Å²) < 4.78 is 8.60. The Bertz CT molecular complexity index is 1100. The molecule has 130 valence electrons. The second kappa shape index (κ2) is 6.79. The van der Waals surface area contributed by atoms with E-state index in [2.05, 4.69) is 15.1 Å². The lowest BCUT2D eigenvalue weighted by Gasteiger charge is -2.07. The molecule has 4 rings (SSSR count). The summed E-state index contributed by atoms with van der Waals surface area (Å²) in [6.45, 7) is 2.77. The predicted octanol–water partition coefficient (Wildman–Crippen LogP) is 2.42. The molecule has 0 fully saturated rings. The van der Waals surface area contributed by atoms with Gasteiger partial charge in [-0.25, -0.2) is 14.6 Å². The summed E-state index contributed by atoms with van der Waals surface area (Å²) in [7, 11) is 0. The number of ether oxygens (including phenoxy) is 1. The number of hydrogen-bond donors (Lipinski definition) is 0. The van der Waals surface area contributed by atoms with Gasteiger partial charge in [0, 0.05) is 6.07 Å². The van der Waals surface area contributed by atoms with E-state index in [1.165, 1.54) is 10.9 Å². The third-order valence-electron chi connectivity index (χ3n) is 3.96. The molecule has 3 heterocycles. The number of para-hydroxylation sites is 1. The van der Waals surface area contributed by atoms with Crippen molar-refractivity contribution < 1.29 is 4.74 Å². The highest BCUT2D eigenvalue weighted by molar-refractivity contribution is 5.74. The SMILES string of the molecule is CCOc1cccc(Cn2cnc3c(cnn3-c3ccccc3)c2=O)n1. The zero-order valence-corrected chi connectivity index (χ0v) is 14.2. The number of rotatable bonds is 5. The van der Waals surface area contributed by atoms with Crippen LogP contribution in [0.2, 0.25) is 0 Å². The first kappa shape index (κ1) is 16.0. The van der Waals surface area contributed by atoms with Crippen molar-refractivity contribution in [3.05, 3.63) is 77.1 Å². The summed E-state index contributed by atoms with van der Waals surface area (Å²) in [6, 6.07) is 15.1. The Hall–Kier alpha value is -3.48. The van der Waals surface area contributed by atoms with Gasteiger partial charge in [-0.05, 0) is 25.1 Å². The van der Waals surface area contributed by atoms with Gasteiger partial charge in [-0.2, -0.15) is 5.10 Å². The molecule has 0 radical (unpaired) electrons. The van der Waals surface area contributed by atoms with Gasteiger partial charge in [-0.1, -0.05) is 24.3 Å². The van der Waals surface area contributed by atoms with Crippen LogP contribution in [0.3, 0.4) is 0 Å². The van der Waals surface area contributed by atoms with Gasteiger partial charge in [0.2, 0.25) is 5.88 Å². The fourth-order valence-corrected chi connectivity index (χ4v) is 2.77. The Labute approximate surface area is 149 Å². The maximum Gasteiger partial charge on any atom is 0.264 e. The zero-order chi connectivity index (χ0) is 17.9. The van der Waals surface area contributed by atoms with Gasteiger partial charge in [0.15, 0.2) is 5.65 Å². The maximum atomic E-state index is 12.8. The van der Waals surface area contributed by atoms with Crippen LogP contribution in [0, 0.1) is 0 Å². The van der Waals surface area contributed by atoms with Crippen LogP contribution in [0.5, 0.6) is 5.88 Å². The van der Waals surface area contributed by atoms with Crippen molar-refractivity contribution in [2.24, 2.45) is 0 Å². The molecule has 0 atom stereocenters. The normalized spacial score (nSPS) is 11.0. The van der Waals surface area contributed by atoms with Crippen LogP contribution in [-0.2, 0) is 6.54 Å². The molecule has 0 aliphatic rings. The molecule has 3 aromatic heterocycles. The lowest BCUT2D eigenvalue weighted by molar-refractivity contribution is 0.325. The summed E-state index contributed by atoms with van der Waals surface area (Å²) in [5.74, 6) is 0.545. The Kier molecular flexibility index (Phi) is 4.18. The van der Waals surface area contributed by atoms with E-state index in [0.717, 1.165) is 11.4 Å². The number of nitrogens with zero attached hydrogens (tertiary/aromatic N) is 5. The molecule has 0 saturated heterocycles. The smallest absolute Gasteiger partial charge is 0.264 e. The minimum atomic E-state index is -0.152. The van der Waals surface area contributed by atoms with Gasteiger partial charge in [0.25, 0.3) is 5.56 Å². The van der Waals surface area contributed by atoms with E-state index in [-0.39, 0.29) is 5.56 Å². The van der Waals surface area contributed by atoms with Crippen LogP contribution in [0.1, 0.15) is 12.6 Å². The Morgan fingerprint density at radius 1 is 1.08 bits per heavy atom. The van der Waals surface area contributed by atoms with Crippen LogP contribution in [-0.4, -0.2) is 30.9 Å². The summed E-state index contributed by atoms with van der Waals surface area (Å²) in [4.78, 5) is 21.6. The number of fused-ring (bicyclic) bond motifs is 1. The standard InChI is InChI=1S/C19H17N5O2/c1-2-26-17-10-6-7-14(22-17)12-23-13-20-18-16(19(23)25)11-21-24(18)15-8-4-3-5-9-15/h3-11,13H,2,12H2,1H3. The minimum Gasteiger partial charge on any atom is -0.478 e. The molecule has 0 spiro atoms. The summed E-state index contributed by atoms with van der Waals surface area (Å²) >= 11 is 0. The first-order valence-corrected chi connectivity index (χ1v) is 8.33. The third-order valence-corrected chi connectivity index (χ3v) is 3.96. The van der Waals surface area contributed by atoms with E-state index in [4.69, 9.17) is 4.74 Å². The van der Waals surface area contributed by atoms with E-state index < -0.39 is 0 Å². The first-order valence-electron chi connectivity index (χ1n) is 8.33. The van der Waals surface area contributed by atoms with Crippen molar-refractivity contribution in [3.8, 4) is 11.6 Å². The molecule has 0 bridgehead atoms. The largest absolute Gasteiger partial charge is 0.478 e. The van der Waals surface area contributed by atoms with Crippen molar-refractivity contribution in [2.45, 2.75) is 13.5 Å². The fourth-order valence-electron chi connectivity index (χ4n) is 2.77. The van der Waals surface area contributed by atoms with E-state index in [1.807, 2.05) is 49.4 Å².